The minimum Gasteiger partial charge on any atom is -0.497 e. The molecule has 18 heavy (non-hydrogen) atoms. The van der Waals surface area contributed by atoms with E-state index in [1.165, 1.54) is 18.2 Å². The molecule has 2 rings (SSSR count). The standard InChI is InChI=1S/C15H20O3/c1-4-12(15(16)18-3)14-7-5-10-9-11(17-2)6-8-13(10)14/h6,8-9,12,14H,4-5,7H2,1-3H3/t12-,14+/m0/s1. The minimum absolute atomic E-state index is 0.0235. The van der Waals surface area contributed by atoms with Crippen molar-refractivity contribution in [2.45, 2.75) is 32.1 Å². The fraction of sp³-hybridized carbons (Fsp3) is 0.533. The molecular weight excluding hydrogens is 228 g/mol. The summed E-state index contributed by atoms with van der Waals surface area (Å²) in [4.78, 5) is 11.8. The molecule has 0 N–H and O–H groups in total. The summed E-state index contributed by atoms with van der Waals surface area (Å²) < 4.78 is 10.2. The van der Waals surface area contributed by atoms with Crippen molar-refractivity contribution >= 4 is 5.97 Å². The first-order valence-electron chi connectivity index (χ1n) is 6.45. The fourth-order valence-electron chi connectivity index (χ4n) is 2.94. The molecule has 3 heteroatoms. The van der Waals surface area contributed by atoms with Gasteiger partial charge in [-0.05, 0) is 48.4 Å². The molecule has 0 saturated heterocycles. The molecule has 3 nitrogen and oxygen atoms in total. The van der Waals surface area contributed by atoms with E-state index < -0.39 is 0 Å². The Morgan fingerprint density at radius 1 is 1.44 bits per heavy atom. The average Bonchev–Trinajstić information content (AvgIpc) is 2.82. The Kier molecular flexibility index (Phi) is 3.90. The van der Waals surface area contributed by atoms with Crippen LogP contribution in [0.5, 0.6) is 5.75 Å². The number of methoxy groups -OCH3 is 2. The van der Waals surface area contributed by atoms with Crippen LogP contribution in [0.3, 0.4) is 0 Å². The molecule has 0 aromatic heterocycles. The predicted molar refractivity (Wildman–Crippen MR) is 69.9 cm³/mol. The molecule has 2 atom stereocenters. The van der Waals surface area contributed by atoms with Crippen LogP contribution in [-0.2, 0) is 16.0 Å². The first-order chi connectivity index (χ1) is 8.71. The quantitative estimate of drug-likeness (QED) is 0.768. The van der Waals surface area contributed by atoms with Crippen molar-refractivity contribution in [3.63, 3.8) is 0 Å². The van der Waals surface area contributed by atoms with Crippen LogP contribution in [0.1, 0.15) is 36.8 Å². The smallest absolute Gasteiger partial charge is 0.309 e. The highest BCUT2D eigenvalue weighted by Crippen LogP contribution is 2.41. The number of carbonyl (C=O) groups excluding carboxylic acids is 1. The maximum absolute atomic E-state index is 11.8. The third kappa shape index (κ3) is 2.22. The lowest BCUT2D eigenvalue weighted by Gasteiger charge is -2.20. The number of rotatable bonds is 4. The highest BCUT2D eigenvalue weighted by Gasteiger charge is 2.33. The van der Waals surface area contributed by atoms with Gasteiger partial charge < -0.3 is 9.47 Å². The third-order valence-corrected chi connectivity index (χ3v) is 3.90. The Balaban J connectivity index is 2.27. The lowest BCUT2D eigenvalue weighted by Crippen LogP contribution is -2.21. The van der Waals surface area contributed by atoms with E-state index in [0.29, 0.717) is 5.92 Å². The van der Waals surface area contributed by atoms with Crippen LogP contribution in [0.4, 0.5) is 0 Å². The summed E-state index contributed by atoms with van der Waals surface area (Å²) in [7, 11) is 3.15. The lowest BCUT2D eigenvalue weighted by molar-refractivity contribution is -0.146. The molecular formula is C15H20O3. The van der Waals surface area contributed by atoms with Crippen LogP contribution in [0.2, 0.25) is 0 Å². The number of aryl methyl sites for hydroxylation is 1. The summed E-state index contributed by atoms with van der Waals surface area (Å²) in [5, 5.41) is 0. The van der Waals surface area contributed by atoms with Gasteiger partial charge in [0, 0.05) is 0 Å². The van der Waals surface area contributed by atoms with Gasteiger partial charge >= 0.3 is 5.97 Å². The van der Waals surface area contributed by atoms with Gasteiger partial charge in [0.25, 0.3) is 0 Å². The number of hydrogen-bond donors (Lipinski definition) is 0. The molecule has 98 valence electrons. The number of benzene rings is 1. The van der Waals surface area contributed by atoms with E-state index in [0.717, 1.165) is 25.0 Å². The first kappa shape index (κ1) is 12.9. The highest BCUT2D eigenvalue weighted by atomic mass is 16.5. The van der Waals surface area contributed by atoms with Crippen LogP contribution in [0, 0.1) is 5.92 Å². The van der Waals surface area contributed by atoms with Gasteiger partial charge in [-0.25, -0.2) is 0 Å². The van der Waals surface area contributed by atoms with Crippen molar-refractivity contribution in [3.8, 4) is 5.75 Å². The highest BCUT2D eigenvalue weighted by molar-refractivity contribution is 5.74. The minimum atomic E-state index is -0.0915. The zero-order valence-corrected chi connectivity index (χ0v) is 11.2. The van der Waals surface area contributed by atoms with Crippen LogP contribution in [0.25, 0.3) is 0 Å². The summed E-state index contributed by atoms with van der Waals surface area (Å²) in [5.74, 6) is 1.07. The van der Waals surface area contributed by atoms with Crippen LogP contribution >= 0.6 is 0 Å². The molecule has 1 aliphatic carbocycles. The monoisotopic (exact) mass is 248 g/mol. The summed E-state index contributed by atoms with van der Waals surface area (Å²) in [6.45, 7) is 2.04. The second-order valence-corrected chi connectivity index (χ2v) is 4.75. The average molecular weight is 248 g/mol. The molecule has 0 spiro atoms. The summed E-state index contributed by atoms with van der Waals surface area (Å²) in [5.41, 5.74) is 2.59. The SMILES string of the molecule is CC[C@H](C(=O)OC)[C@H]1CCc2cc(OC)ccc21. The molecule has 0 fully saturated rings. The van der Waals surface area contributed by atoms with Gasteiger partial charge in [0.15, 0.2) is 0 Å². The van der Waals surface area contributed by atoms with E-state index in [4.69, 9.17) is 9.47 Å². The zero-order chi connectivity index (χ0) is 13.1. The molecule has 0 bridgehead atoms. The van der Waals surface area contributed by atoms with Crippen molar-refractivity contribution in [3.05, 3.63) is 29.3 Å². The van der Waals surface area contributed by atoms with Crippen molar-refractivity contribution in [1.82, 2.24) is 0 Å². The molecule has 0 radical (unpaired) electrons. The van der Waals surface area contributed by atoms with E-state index in [-0.39, 0.29) is 11.9 Å². The second kappa shape index (κ2) is 5.42. The number of hydrogen-bond acceptors (Lipinski definition) is 3. The van der Waals surface area contributed by atoms with E-state index >= 15 is 0 Å². The Hall–Kier alpha value is -1.51. The maximum atomic E-state index is 11.8. The van der Waals surface area contributed by atoms with Gasteiger partial charge in [0.1, 0.15) is 5.75 Å². The normalized spacial score (nSPS) is 19.2. The van der Waals surface area contributed by atoms with Gasteiger partial charge in [0.2, 0.25) is 0 Å². The molecule has 0 unspecified atom stereocenters. The lowest BCUT2D eigenvalue weighted by atomic mass is 9.85. The van der Waals surface area contributed by atoms with Crippen LogP contribution < -0.4 is 4.74 Å². The Morgan fingerprint density at radius 3 is 2.83 bits per heavy atom. The number of esters is 1. The van der Waals surface area contributed by atoms with Crippen LogP contribution in [0.15, 0.2) is 18.2 Å². The molecule has 0 amide bonds. The van der Waals surface area contributed by atoms with Gasteiger partial charge in [0.05, 0.1) is 20.1 Å². The first-order valence-corrected chi connectivity index (χ1v) is 6.45. The van der Waals surface area contributed by atoms with Crippen molar-refractivity contribution in [2.24, 2.45) is 5.92 Å². The zero-order valence-electron chi connectivity index (χ0n) is 11.2. The third-order valence-electron chi connectivity index (χ3n) is 3.90. The summed E-state index contributed by atoms with van der Waals surface area (Å²) in [6.07, 6.45) is 2.86. The molecule has 0 saturated carbocycles. The van der Waals surface area contributed by atoms with Gasteiger partial charge in [-0.3, -0.25) is 4.79 Å². The van der Waals surface area contributed by atoms with Crippen LogP contribution in [-0.4, -0.2) is 20.2 Å². The fourth-order valence-corrected chi connectivity index (χ4v) is 2.94. The van der Waals surface area contributed by atoms with Gasteiger partial charge in [-0.1, -0.05) is 13.0 Å². The van der Waals surface area contributed by atoms with Gasteiger partial charge in [-0.15, -0.1) is 0 Å². The van der Waals surface area contributed by atoms with Crippen molar-refractivity contribution < 1.29 is 14.3 Å². The maximum Gasteiger partial charge on any atom is 0.309 e. The summed E-state index contributed by atoms with van der Waals surface area (Å²) >= 11 is 0. The Bertz CT molecular complexity index is 439. The molecule has 1 aromatic rings. The van der Waals surface area contributed by atoms with Crippen molar-refractivity contribution in [1.29, 1.82) is 0 Å². The van der Waals surface area contributed by atoms with E-state index in [1.807, 2.05) is 13.0 Å². The van der Waals surface area contributed by atoms with E-state index in [1.54, 1.807) is 7.11 Å². The van der Waals surface area contributed by atoms with E-state index in [9.17, 15) is 4.79 Å². The van der Waals surface area contributed by atoms with E-state index in [2.05, 4.69) is 12.1 Å². The molecule has 0 heterocycles. The summed E-state index contributed by atoms with van der Waals surface area (Å²) in [6, 6.07) is 6.15. The predicted octanol–water partition coefficient (Wildman–Crippen LogP) is 2.92. The molecule has 1 aromatic carbocycles. The molecule has 1 aliphatic rings. The molecule has 0 aliphatic heterocycles. The van der Waals surface area contributed by atoms with Gasteiger partial charge in [-0.2, -0.15) is 0 Å². The number of ether oxygens (including phenoxy) is 2. The second-order valence-electron chi connectivity index (χ2n) is 4.75. The largest absolute Gasteiger partial charge is 0.497 e. The number of carbonyl (C=O) groups is 1. The topological polar surface area (TPSA) is 35.5 Å². The Morgan fingerprint density at radius 2 is 2.22 bits per heavy atom. The Labute approximate surface area is 108 Å². The van der Waals surface area contributed by atoms with Crippen molar-refractivity contribution in [2.75, 3.05) is 14.2 Å². The number of fused-ring (bicyclic) bond motifs is 1.